The third kappa shape index (κ3) is 2.23. The molecule has 0 spiro atoms. The van der Waals surface area contributed by atoms with Gasteiger partial charge in [-0.25, -0.2) is 0 Å². The zero-order chi connectivity index (χ0) is 13.9. The zero-order valence-corrected chi connectivity index (χ0v) is 11.3. The van der Waals surface area contributed by atoms with Crippen LogP contribution in [0.25, 0.3) is 5.65 Å². The topological polar surface area (TPSA) is 65.4 Å². The van der Waals surface area contributed by atoms with Crippen molar-refractivity contribution in [2.45, 2.75) is 13.0 Å². The number of hydrogen-bond acceptors (Lipinski definition) is 4. The number of nitrogens with zero attached hydrogens (tertiary/aromatic N) is 3. The van der Waals surface area contributed by atoms with E-state index < -0.39 is 0 Å². The highest BCUT2D eigenvalue weighted by Crippen LogP contribution is 2.16. The highest BCUT2D eigenvalue weighted by atomic mass is 16.5. The normalized spacial score (nSPS) is 10.9. The van der Waals surface area contributed by atoms with Crippen LogP contribution in [-0.4, -0.2) is 21.7 Å². The highest BCUT2D eigenvalue weighted by molar-refractivity contribution is 5.41. The van der Waals surface area contributed by atoms with E-state index >= 15 is 0 Å². The van der Waals surface area contributed by atoms with Crippen LogP contribution < -0.4 is 10.5 Å². The predicted molar refractivity (Wildman–Crippen MR) is 76.7 cm³/mol. The number of ether oxygens (including phenoxy) is 1. The summed E-state index contributed by atoms with van der Waals surface area (Å²) in [7, 11) is 1.66. The Morgan fingerprint density at radius 1 is 1.10 bits per heavy atom. The molecule has 102 valence electrons. The first-order valence-electron chi connectivity index (χ1n) is 6.46. The molecule has 0 amide bonds. The molecule has 1 aromatic carbocycles. The largest absolute Gasteiger partial charge is 0.497 e. The lowest BCUT2D eigenvalue weighted by atomic mass is 10.1. The molecule has 5 heteroatoms. The molecule has 0 aliphatic heterocycles. The summed E-state index contributed by atoms with van der Waals surface area (Å²) in [6, 6.07) is 13.8. The molecule has 0 unspecified atom stereocenters. The molecule has 2 heterocycles. The molecule has 20 heavy (non-hydrogen) atoms. The van der Waals surface area contributed by atoms with E-state index in [1.807, 2.05) is 46.9 Å². The number of nitrogens with two attached hydrogens (primary N) is 1. The fourth-order valence-electron chi connectivity index (χ4n) is 2.27. The summed E-state index contributed by atoms with van der Waals surface area (Å²) < 4.78 is 7.18. The summed E-state index contributed by atoms with van der Waals surface area (Å²) in [5, 5.41) is 8.46. The van der Waals surface area contributed by atoms with E-state index in [0.29, 0.717) is 13.0 Å². The van der Waals surface area contributed by atoms with E-state index in [-0.39, 0.29) is 0 Å². The smallest absolute Gasteiger partial charge is 0.161 e. The van der Waals surface area contributed by atoms with Gasteiger partial charge in [0.1, 0.15) is 11.6 Å². The molecule has 0 fully saturated rings. The van der Waals surface area contributed by atoms with Gasteiger partial charge in [0.25, 0.3) is 0 Å². The Hall–Kier alpha value is -2.40. The maximum absolute atomic E-state index is 5.78. The van der Waals surface area contributed by atoms with Crippen LogP contribution in [0.4, 0.5) is 0 Å². The van der Waals surface area contributed by atoms with Gasteiger partial charge >= 0.3 is 0 Å². The number of benzene rings is 1. The van der Waals surface area contributed by atoms with Gasteiger partial charge in [-0.15, -0.1) is 10.2 Å². The van der Waals surface area contributed by atoms with Crippen LogP contribution in [0.5, 0.6) is 5.75 Å². The molecule has 0 saturated carbocycles. The second-order valence-corrected chi connectivity index (χ2v) is 4.56. The summed E-state index contributed by atoms with van der Waals surface area (Å²) in [5.41, 5.74) is 8.78. The standard InChI is InChI=1S/C15H16N4O/c1-20-13-7-5-11(6-8-13)9-15-18-17-14-4-2-3-12(10-16)19(14)15/h2-8H,9-10,16H2,1H3. The van der Waals surface area contributed by atoms with Crippen LogP contribution >= 0.6 is 0 Å². The number of aromatic nitrogens is 3. The first-order valence-corrected chi connectivity index (χ1v) is 6.46. The van der Waals surface area contributed by atoms with Gasteiger partial charge in [-0.3, -0.25) is 4.40 Å². The van der Waals surface area contributed by atoms with Gasteiger partial charge in [0, 0.05) is 18.7 Å². The van der Waals surface area contributed by atoms with Crippen LogP contribution in [0.2, 0.25) is 0 Å². The van der Waals surface area contributed by atoms with E-state index in [4.69, 9.17) is 10.5 Å². The average Bonchev–Trinajstić information content (AvgIpc) is 2.91. The number of fused-ring (bicyclic) bond motifs is 1. The molecule has 3 rings (SSSR count). The lowest BCUT2D eigenvalue weighted by molar-refractivity contribution is 0.414. The van der Waals surface area contributed by atoms with Gasteiger partial charge < -0.3 is 10.5 Å². The first-order chi connectivity index (χ1) is 9.81. The molecule has 0 bridgehead atoms. The second kappa shape index (κ2) is 5.30. The van der Waals surface area contributed by atoms with Crippen LogP contribution in [0.15, 0.2) is 42.5 Å². The van der Waals surface area contributed by atoms with E-state index in [1.54, 1.807) is 7.11 Å². The van der Waals surface area contributed by atoms with Crippen molar-refractivity contribution in [1.82, 2.24) is 14.6 Å². The van der Waals surface area contributed by atoms with Gasteiger partial charge in [0.05, 0.1) is 7.11 Å². The number of methoxy groups -OCH3 is 1. The van der Waals surface area contributed by atoms with Crippen LogP contribution in [0.1, 0.15) is 17.1 Å². The lowest BCUT2D eigenvalue weighted by Crippen LogP contribution is -2.07. The molecule has 0 aliphatic carbocycles. The fraction of sp³-hybridized carbons (Fsp3) is 0.200. The summed E-state index contributed by atoms with van der Waals surface area (Å²) in [5.74, 6) is 1.74. The number of pyridine rings is 1. The van der Waals surface area contributed by atoms with Crippen molar-refractivity contribution < 1.29 is 4.74 Å². The maximum atomic E-state index is 5.78. The number of rotatable bonds is 4. The average molecular weight is 268 g/mol. The Morgan fingerprint density at radius 3 is 2.60 bits per heavy atom. The van der Waals surface area contributed by atoms with Crippen molar-refractivity contribution in [2.24, 2.45) is 5.73 Å². The molecule has 5 nitrogen and oxygen atoms in total. The van der Waals surface area contributed by atoms with E-state index in [9.17, 15) is 0 Å². The van der Waals surface area contributed by atoms with E-state index in [1.165, 1.54) is 0 Å². The van der Waals surface area contributed by atoms with Crippen LogP contribution in [0, 0.1) is 0 Å². The van der Waals surface area contributed by atoms with E-state index in [0.717, 1.165) is 28.5 Å². The van der Waals surface area contributed by atoms with Gasteiger partial charge in [-0.2, -0.15) is 0 Å². The minimum Gasteiger partial charge on any atom is -0.497 e. The molecule has 3 aromatic rings. The molecule has 2 N–H and O–H groups in total. The summed E-state index contributed by atoms with van der Waals surface area (Å²) in [6.45, 7) is 0.463. The molecular formula is C15H16N4O. The van der Waals surface area contributed by atoms with Crippen LogP contribution in [-0.2, 0) is 13.0 Å². The molecule has 0 atom stereocenters. The van der Waals surface area contributed by atoms with Crippen molar-refractivity contribution in [3.05, 3.63) is 59.5 Å². The van der Waals surface area contributed by atoms with Crippen molar-refractivity contribution in [2.75, 3.05) is 7.11 Å². The Morgan fingerprint density at radius 2 is 1.90 bits per heavy atom. The van der Waals surface area contributed by atoms with Gasteiger partial charge in [0.2, 0.25) is 0 Å². The summed E-state index contributed by atoms with van der Waals surface area (Å²) in [4.78, 5) is 0. The monoisotopic (exact) mass is 268 g/mol. The molecule has 0 aliphatic rings. The van der Waals surface area contributed by atoms with E-state index in [2.05, 4.69) is 10.2 Å². The zero-order valence-electron chi connectivity index (χ0n) is 11.3. The minimum atomic E-state index is 0.463. The van der Waals surface area contributed by atoms with Crippen molar-refractivity contribution in [1.29, 1.82) is 0 Å². The second-order valence-electron chi connectivity index (χ2n) is 4.56. The van der Waals surface area contributed by atoms with Crippen LogP contribution in [0.3, 0.4) is 0 Å². The Balaban J connectivity index is 1.97. The number of hydrogen-bond donors (Lipinski definition) is 1. The van der Waals surface area contributed by atoms with Gasteiger partial charge in [-0.05, 0) is 29.8 Å². The summed E-state index contributed by atoms with van der Waals surface area (Å²) >= 11 is 0. The first kappa shape index (κ1) is 12.6. The lowest BCUT2D eigenvalue weighted by Gasteiger charge is -2.06. The summed E-state index contributed by atoms with van der Waals surface area (Å²) in [6.07, 6.45) is 0.710. The Bertz CT molecular complexity index is 718. The molecule has 0 radical (unpaired) electrons. The maximum Gasteiger partial charge on any atom is 0.161 e. The van der Waals surface area contributed by atoms with Gasteiger partial charge in [0.15, 0.2) is 5.65 Å². The minimum absolute atomic E-state index is 0.463. The van der Waals surface area contributed by atoms with Crippen molar-refractivity contribution in [3.8, 4) is 5.75 Å². The third-order valence-corrected chi connectivity index (χ3v) is 3.31. The van der Waals surface area contributed by atoms with Gasteiger partial charge in [-0.1, -0.05) is 18.2 Å². The quantitative estimate of drug-likeness (QED) is 0.783. The highest BCUT2D eigenvalue weighted by Gasteiger charge is 2.09. The van der Waals surface area contributed by atoms with Crippen molar-refractivity contribution >= 4 is 5.65 Å². The third-order valence-electron chi connectivity index (χ3n) is 3.31. The Labute approximate surface area is 117 Å². The van der Waals surface area contributed by atoms with Crippen molar-refractivity contribution in [3.63, 3.8) is 0 Å². The molecular weight excluding hydrogens is 252 g/mol. The molecule has 0 saturated heterocycles. The SMILES string of the molecule is COc1ccc(Cc2nnc3cccc(CN)n23)cc1. The molecule has 2 aromatic heterocycles. The Kier molecular flexibility index (Phi) is 3.35. The predicted octanol–water partition coefficient (Wildman–Crippen LogP) is 1.79. The fourth-order valence-corrected chi connectivity index (χ4v) is 2.27.